The van der Waals surface area contributed by atoms with Crippen molar-refractivity contribution >= 4 is 5.91 Å². The Morgan fingerprint density at radius 1 is 1.28 bits per heavy atom. The average molecular weight is 247 g/mol. The van der Waals surface area contributed by atoms with Crippen LogP contribution in [-0.2, 0) is 4.79 Å². The summed E-state index contributed by atoms with van der Waals surface area (Å²) in [5, 5.41) is 0. The third kappa shape index (κ3) is 2.54. The first-order chi connectivity index (χ1) is 8.77. The van der Waals surface area contributed by atoms with E-state index in [1.165, 1.54) is 0 Å². The summed E-state index contributed by atoms with van der Waals surface area (Å²) in [6.45, 7) is 6.28. The maximum Gasteiger partial charge on any atom is 0.228 e. The van der Waals surface area contributed by atoms with Crippen molar-refractivity contribution in [3.8, 4) is 0 Å². The summed E-state index contributed by atoms with van der Waals surface area (Å²) in [4.78, 5) is 14.3. The van der Waals surface area contributed by atoms with E-state index >= 15 is 0 Å². The van der Waals surface area contributed by atoms with Crippen molar-refractivity contribution in [2.24, 2.45) is 5.92 Å². The van der Waals surface area contributed by atoms with Crippen LogP contribution in [0.5, 0.6) is 0 Å². The van der Waals surface area contributed by atoms with Crippen LogP contribution < -0.4 is 10.9 Å². The predicted octanol–water partition coefficient (Wildman–Crippen LogP) is 1.32. The molecule has 4 heteroatoms. The first kappa shape index (κ1) is 13.1. The van der Waals surface area contributed by atoms with Gasteiger partial charge in [-0.15, -0.1) is 0 Å². The zero-order valence-electron chi connectivity index (χ0n) is 11.0. The van der Waals surface area contributed by atoms with E-state index in [2.05, 4.69) is 23.0 Å². The van der Waals surface area contributed by atoms with Crippen molar-refractivity contribution in [3.63, 3.8) is 0 Å². The molecule has 0 aliphatic carbocycles. The van der Waals surface area contributed by atoms with Crippen LogP contribution in [-0.4, -0.2) is 30.4 Å². The summed E-state index contributed by atoms with van der Waals surface area (Å²) in [7, 11) is 0. The van der Waals surface area contributed by atoms with Gasteiger partial charge in [0.1, 0.15) is 0 Å². The van der Waals surface area contributed by atoms with E-state index in [1.54, 1.807) is 0 Å². The topological polar surface area (TPSA) is 44.4 Å². The summed E-state index contributed by atoms with van der Waals surface area (Å²) in [5.41, 5.74) is 7.48. The largest absolute Gasteiger partial charge is 0.343 e. The molecule has 1 aromatic rings. The number of carbonyl (C=O) groups is 1. The minimum atomic E-state index is -0.0210. The van der Waals surface area contributed by atoms with Gasteiger partial charge in [-0.25, -0.2) is 5.43 Å². The highest BCUT2D eigenvalue weighted by atomic mass is 16.2. The summed E-state index contributed by atoms with van der Waals surface area (Å²) >= 11 is 0. The van der Waals surface area contributed by atoms with Crippen LogP contribution in [0.3, 0.4) is 0 Å². The fourth-order valence-electron chi connectivity index (χ4n) is 2.47. The molecular formula is C14H21N3O. The number of nitrogens with one attached hydrogen (secondary N) is 2. The fraction of sp³-hybridized carbons (Fsp3) is 0.500. The van der Waals surface area contributed by atoms with E-state index < -0.39 is 0 Å². The fourth-order valence-corrected chi connectivity index (χ4v) is 2.47. The third-order valence-electron chi connectivity index (χ3n) is 3.53. The minimum Gasteiger partial charge on any atom is -0.343 e. The van der Waals surface area contributed by atoms with Crippen molar-refractivity contribution in [2.75, 3.05) is 19.6 Å². The molecule has 1 fully saturated rings. The zero-order chi connectivity index (χ0) is 13.0. The Balaban J connectivity index is 2.15. The Labute approximate surface area is 108 Å². The number of nitrogens with zero attached hydrogens (tertiary/aromatic N) is 1. The van der Waals surface area contributed by atoms with Crippen LogP contribution in [0.25, 0.3) is 0 Å². The minimum absolute atomic E-state index is 0.0210. The monoisotopic (exact) mass is 247 g/mol. The highest BCUT2D eigenvalue weighted by Crippen LogP contribution is 2.26. The first-order valence-electron chi connectivity index (χ1n) is 6.60. The van der Waals surface area contributed by atoms with E-state index in [0.29, 0.717) is 6.54 Å². The molecule has 2 atom stereocenters. The van der Waals surface area contributed by atoms with Gasteiger partial charge in [-0.1, -0.05) is 30.3 Å². The molecule has 0 spiro atoms. The molecule has 1 aliphatic heterocycles. The lowest BCUT2D eigenvalue weighted by atomic mass is 9.93. The van der Waals surface area contributed by atoms with Crippen LogP contribution in [0.2, 0.25) is 0 Å². The molecule has 1 saturated heterocycles. The number of amides is 1. The lowest BCUT2D eigenvalue weighted by Crippen LogP contribution is -2.38. The summed E-state index contributed by atoms with van der Waals surface area (Å²) < 4.78 is 0. The van der Waals surface area contributed by atoms with E-state index in [-0.39, 0.29) is 17.9 Å². The van der Waals surface area contributed by atoms with Crippen LogP contribution in [0.15, 0.2) is 30.3 Å². The molecule has 0 saturated carbocycles. The zero-order valence-corrected chi connectivity index (χ0v) is 11.0. The summed E-state index contributed by atoms with van der Waals surface area (Å²) in [6, 6.07) is 10.2. The van der Waals surface area contributed by atoms with Crippen LogP contribution in [0.1, 0.15) is 25.5 Å². The molecule has 1 amide bonds. The second-order valence-electron chi connectivity index (χ2n) is 4.53. The first-order valence-corrected chi connectivity index (χ1v) is 6.60. The SMILES string of the molecule is CCN(CC)C(=O)C1CNNC1c1ccccc1. The Kier molecular flexibility index (Phi) is 4.33. The Morgan fingerprint density at radius 2 is 1.94 bits per heavy atom. The van der Waals surface area contributed by atoms with Gasteiger partial charge < -0.3 is 4.90 Å². The van der Waals surface area contributed by atoms with Crippen molar-refractivity contribution in [1.82, 2.24) is 15.8 Å². The highest BCUT2D eigenvalue weighted by Gasteiger charge is 2.35. The third-order valence-corrected chi connectivity index (χ3v) is 3.53. The molecule has 98 valence electrons. The van der Waals surface area contributed by atoms with E-state index in [0.717, 1.165) is 18.7 Å². The van der Waals surface area contributed by atoms with Gasteiger partial charge in [0, 0.05) is 19.6 Å². The van der Waals surface area contributed by atoms with Crippen molar-refractivity contribution in [3.05, 3.63) is 35.9 Å². The molecule has 1 heterocycles. The second-order valence-corrected chi connectivity index (χ2v) is 4.53. The van der Waals surface area contributed by atoms with Crippen LogP contribution in [0.4, 0.5) is 0 Å². The molecule has 0 bridgehead atoms. The number of hydrogen-bond acceptors (Lipinski definition) is 3. The van der Waals surface area contributed by atoms with E-state index in [9.17, 15) is 4.79 Å². The average Bonchev–Trinajstić information content (AvgIpc) is 2.90. The highest BCUT2D eigenvalue weighted by molar-refractivity contribution is 5.80. The van der Waals surface area contributed by atoms with Crippen molar-refractivity contribution in [1.29, 1.82) is 0 Å². The molecule has 1 aliphatic rings. The normalized spacial score (nSPS) is 23.0. The van der Waals surface area contributed by atoms with Gasteiger partial charge in [-0.3, -0.25) is 10.2 Å². The molecular weight excluding hydrogens is 226 g/mol. The number of carbonyl (C=O) groups excluding carboxylic acids is 1. The number of hydrogen-bond donors (Lipinski definition) is 2. The lowest BCUT2D eigenvalue weighted by molar-refractivity contribution is -0.135. The Bertz CT molecular complexity index is 389. The smallest absolute Gasteiger partial charge is 0.228 e. The summed E-state index contributed by atoms with van der Waals surface area (Å²) in [6.07, 6.45) is 0. The molecule has 1 aromatic carbocycles. The van der Waals surface area contributed by atoms with Gasteiger partial charge >= 0.3 is 0 Å². The van der Waals surface area contributed by atoms with E-state index in [4.69, 9.17) is 0 Å². The number of benzene rings is 1. The van der Waals surface area contributed by atoms with E-state index in [1.807, 2.05) is 36.9 Å². The van der Waals surface area contributed by atoms with Crippen molar-refractivity contribution in [2.45, 2.75) is 19.9 Å². The van der Waals surface area contributed by atoms with Gasteiger partial charge in [0.15, 0.2) is 0 Å². The predicted molar refractivity (Wildman–Crippen MR) is 71.7 cm³/mol. The quantitative estimate of drug-likeness (QED) is 0.843. The van der Waals surface area contributed by atoms with Gasteiger partial charge in [-0.05, 0) is 19.4 Å². The Hall–Kier alpha value is -1.39. The van der Waals surface area contributed by atoms with Gasteiger partial charge in [-0.2, -0.15) is 0 Å². The standard InChI is InChI=1S/C14H21N3O/c1-3-17(4-2)14(18)12-10-15-16-13(12)11-8-6-5-7-9-11/h5-9,12-13,15-16H,3-4,10H2,1-2H3. The number of hydrazine groups is 1. The molecule has 4 nitrogen and oxygen atoms in total. The summed E-state index contributed by atoms with van der Waals surface area (Å²) in [5.74, 6) is 0.207. The second kappa shape index (κ2) is 5.98. The lowest BCUT2D eigenvalue weighted by Gasteiger charge is -2.25. The molecule has 2 unspecified atom stereocenters. The van der Waals surface area contributed by atoms with Crippen molar-refractivity contribution < 1.29 is 4.79 Å². The van der Waals surface area contributed by atoms with Crippen LogP contribution >= 0.6 is 0 Å². The van der Waals surface area contributed by atoms with Gasteiger partial charge in [0.05, 0.1) is 12.0 Å². The maximum absolute atomic E-state index is 12.4. The molecule has 18 heavy (non-hydrogen) atoms. The number of rotatable bonds is 4. The van der Waals surface area contributed by atoms with Gasteiger partial charge in [0.25, 0.3) is 0 Å². The van der Waals surface area contributed by atoms with Crippen LogP contribution in [0, 0.1) is 5.92 Å². The Morgan fingerprint density at radius 3 is 2.56 bits per heavy atom. The molecule has 0 aromatic heterocycles. The molecule has 2 N–H and O–H groups in total. The molecule has 0 radical (unpaired) electrons. The van der Waals surface area contributed by atoms with Gasteiger partial charge in [0.2, 0.25) is 5.91 Å². The molecule has 2 rings (SSSR count). The maximum atomic E-state index is 12.4.